The molecule has 1 heterocycles. The van der Waals surface area contributed by atoms with Crippen molar-refractivity contribution in [2.75, 3.05) is 0 Å². The highest BCUT2D eigenvalue weighted by atomic mass is 16.1. The van der Waals surface area contributed by atoms with Crippen LogP contribution in [-0.2, 0) is 12.8 Å². The first kappa shape index (κ1) is 15.4. The monoisotopic (exact) mass is 303 g/mol. The maximum absolute atomic E-state index is 12.6. The molecule has 0 radical (unpaired) electrons. The summed E-state index contributed by atoms with van der Waals surface area (Å²) in [4.78, 5) is 17.4. The number of carbonyl (C=O) groups is 1. The zero-order chi connectivity index (χ0) is 16.2. The molecule has 0 spiro atoms. The van der Waals surface area contributed by atoms with Crippen LogP contribution >= 0.6 is 0 Å². The quantitative estimate of drug-likeness (QED) is 0.622. The molecule has 0 aliphatic heterocycles. The second-order valence-electron chi connectivity index (χ2n) is 5.80. The summed E-state index contributed by atoms with van der Waals surface area (Å²) in [7, 11) is 0. The van der Waals surface area contributed by atoms with Gasteiger partial charge in [-0.05, 0) is 42.7 Å². The van der Waals surface area contributed by atoms with Crippen molar-refractivity contribution < 1.29 is 4.79 Å². The van der Waals surface area contributed by atoms with Crippen LogP contribution in [0.3, 0.4) is 0 Å². The molecular formula is C21H21NO. The zero-order valence-corrected chi connectivity index (χ0v) is 13.7. The Morgan fingerprint density at radius 2 is 1.74 bits per heavy atom. The van der Waals surface area contributed by atoms with Crippen molar-refractivity contribution in [2.45, 2.75) is 33.1 Å². The highest BCUT2D eigenvalue weighted by molar-refractivity contribution is 6.10. The van der Waals surface area contributed by atoms with Crippen LogP contribution in [-0.4, -0.2) is 10.8 Å². The van der Waals surface area contributed by atoms with E-state index in [2.05, 4.69) is 19.9 Å². The lowest BCUT2D eigenvalue weighted by Gasteiger charge is -2.09. The number of pyridine rings is 1. The van der Waals surface area contributed by atoms with Crippen LogP contribution in [0.15, 0.2) is 54.6 Å². The number of fused-ring (bicyclic) bond motifs is 1. The van der Waals surface area contributed by atoms with E-state index >= 15 is 0 Å². The Balaban J connectivity index is 2.05. The van der Waals surface area contributed by atoms with Gasteiger partial charge in [-0.3, -0.25) is 9.78 Å². The second kappa shape index (κ2) is 6.74. The highest BCUT2D eigenvalue weighted by Gasteiger charge is 2.11. The molecule has 0 atom stereocenters. The van der Waals surface area contributed by atoms with Crippen LogP contribution in [0.1, 0.15) is 47.4 Å². The van der Waals surface area contributed by atoms with E-state index in [0.29, 0.717) is 0 Å². The number of benzene rings is 2. The van der Waals surface area contributed by atoms with E-state index in [0.717, 1.165) is 41.3 Å². The summed E-state index contributed by atoms with van der Waals surface area (Å²) in [6.45, 7) is 4.33. The molecule has 2 heteroatoms. The Bertz CT molecular complexity index is 837. The van der Waals surface area contributed by atoms with Gasteiger partial charge in [0.25, 0.3) is 0 Å². The topological polar surface area (TPSA) is 30.0 Å². The minimum atomic E-state index is 0.0585. The van der Waals surface area contributed by atoms with Crippen molar-refractivity contribution in [1.82, 2.24) is 4.98 Å². The number of ketones is 1. The van der Waals surface area contributed by atoms with Gasteiger partial charge in [0.2, 0.25) is 0 Å². The van der Waals surface area contributed by atoms with Gasteiger partial charge in [-0.1, -0.05) is 50.6 Å². The second-order valence-corrected chi connectivity index (χ2v) is 5.80. The Labute approximate surface area is 137 Å². The van der Waals surface area contributed by atoms with Crippen molar-refractivity contribution in [3.8, 4) is 0 Å². The first-order valence-electron chi connectivity index (χ1n) is 8.25. The largest absolute Gasteiger partial charge is 0.289 e. The molecule has 0 aliphatic carbocycles. The predicted molar refractivity (Wildman–Crippen MR) is 95.0 cm³/mol. The van der Waals surface area contributed by atoms with E-state index in [-0.39, 0.29) is 5.78 Å². The number of hydrogen-bond acceptors (Lipinski definition) is 2. The van der Waals surface area contributed by atoms with Gasteiger partial charge in [-0.25, -0.2) is 0 Å². The lowest BCUT2D eigenvalue weighted by atomic mass is 9.99. The number of aryl methyl sites for hydroxylation is 2. The molecule has 0 amide bonds. The van der Waals surface area contributed by atoms with E-state index in [9.17, 15) is 4.79 Å². The highest BCUT2D eigenvalue weighted by Crippen LogP contribution is 2.21. The summed E-state index contributed by atoms with van der Waals surface area (Å²) < 4.78 is 0. The van der Waals surface area contributed by atoms with Crippen LogP contribution in [0, 0.1) is 0 Å². The SMILES string of the molecule is CCCc1nc2ccc(C(=O)c3ccccc3)cc2cc1CC. The normalized spacial score (nSPS) is 10.9. The van der Waals surface area contributed by atoms with E-state index < -0.39 is 0 Å². The summed E-state index contributed by atoms with van der Waals surface area (Å²) in [5.41, 5.74) is 4.87. The fraction of sp³-hybridized carbons (Fsp3) is 0.238. The number of carbonyl (C=O) groups excluding carboxylic acids is 1. The third-order valence-corrected chi connectivity index (χ3v) is 4.15. The van der Waals surface area contributed by atoms with Gasteiger partial charge in [0.05, 0.1) is 5.52 Å². The molecule has 0 unspecified atom stereocenters. The van der Waals surface area contributed by atoms with Gasteiger partial charge in [-0.15, -0.1) is 0 Å². The van der Waals surface area contributed by atoms with Crippen LogP contribution in [0.25, 0.3) is 10.9 Å². The van der Waals surface area contributed by atoms with E-state index in [1.165, 1.54) is 11.3 Å². The van der Waals surface area contributed by atoms with Crippen LogP contribution in [0.2, 0.25) is 0 Å². The average Bonchev–Trinajstić information content (AvgIpc) is 2.61. The molecule has 2 aromatic carbocycles. The Hall–Kier alpha value is -2.48. The molecule has 0 bridgehead atoms. The summed E-state index contributed by atoms with van der Waals surface area (Å²) in [5.74, 6) is 0.0585. The van der Waals surface area contributed by atoms with Gasteiger partial charge < -0.3 is 0 Å². The summed E-state index contributed by atoms with van der Waals surface area (Å²) in [6, 6.07) is 17.4. The molecule has 0 saturated carbocycles. The van der Waals surface area contributed by atoms with Crippen molar-refractivity contribution >= 4 is 16.7 Å². The molecule has 3 rings (SSSR count). The minimum Gasteiger partial charge on any atom is -0.289 e. The molecular weight excluding hydrogens is 282 g/mol. The molecule has 2 nitrogen and oxygen atoms in total. The van der Waals surface area contributed by atoms with Crippen LogP contribution < -0.4 is 0 Å². The van der Waals surface area contributed by atoms with Crippen LogP contribution in [0.5, 0.6) is 0 Å². The average molecular weight is 303 g/mol. The fourth-order valence-corrected chi connectivity index (χ4v) is 2.92. The minimum absolute atomic E-state index is 0.0585. The van der Waals surface area contributed by atoms with E-state index in [1.807, 2.05) is 48.5 Å². The van der Waals surface area contributed by atoms with Gasteiger partial charge in [0.15, 0.2) is 5.78 Å². The zero-order valence-electron chi connectivity index (χ0n) is 13.7. The van der Waals surface area contributed by atoms with Crippen LogP contribution in [0.4, 0.5) is 0 Å². The summed E-state index contributed by atoms with van der Waals surface area (Å²) in [6.07, 6.45) is 3.06. The van der Waals surface area contributed by atoms with E-state index in [1.54, 1.807) is 0 Å². The molecule has 3 aromatic rings. The number of nitrogens with zero attached hydrogens (tertiary/aromatic N) is 1. The van der Waals surface area contributed by atoms with Gasteiger partial charge in [0, 0.05) is 22.2 Å². The Kier molecular flexibility index (Phi) is 4.52. The maximum atomic E-state index is 12.6. The van der Waals surface area contributed by atoms with Gasteiger partial charge in [-0.2, -0.15) is 0 Å². The molecule has 0 aliphatic rings. The Morgan fingerprint density at radius 1 is 0.957 bits per heavy atom. The molecule has 0 saturated heterocycles. The number of rotatable bonds is 5. The lowest BCUT2D eigenvalue weighted by molar-refractivity contribution is 0.103. The van der Waals surface area contributed by atoms with Crippen molar-refractivity contribution in [2.24, 2.45) is 0 Å². The molecule has 116 valence electrons. The smallest absolute Gasteiger partial charge is 0.193 e. The molecule has 0 fully saturated rings. The van der Waals surface area contributed by atoms with Crippen molar-refractivity contribution in [3.05, 3.63) is 77.0 Å². The number of hydrogen-bond donors (Lipinski definition) is 0. The third-order valence-electron chi connectivity index (χ3n) is 4.15. The first-order valence-corrected chi connectivity index (χ1v) is 8.25. The maximum Gasteiger partial charge on any atom is 0.193 e. The van der Waals surface area contributed by atoms with Gasteiger partial charge in [0.1, 0.15) is 0 Å². The summed E-state index contributed by atoms with van der Waals surface area (Å²) >= 11 is 0. The van der Waals surface area contributed by atoms with Crippen molar-refractivity contribution in [3.63, 3.8) is 0 Å². The standard InChI is InChI=1S/C21H21NO/c1-3-8-19-15(4-2)13-18-14-17(11-12-20(18)22-19)21(23)16-9-6-5-7-10-16/h5-7,9-14H,3-4,8H2,1-2H3. The van der Waals surface area contributed by atoms with E-state index in [4.69, 9.17) is 4.98 Å². The van der Waals surface area contributed by atoms with Crippen molar-refractivity contribution in [1.29, 1.82) is 0 Å². The fourth-order valence-electron chi connectivity index (χ4n) is 2.92. The Morgan fingerprint density at radius 3 is 2.43 bits per heavy atom. The number of aromatic nitrogens is 1. The first-order chi connectivity index (χ1) is 11.2. The predicted octanol–water partition coefficient (Wildman–Crippen LogP) is 4.98. The molecule has 0 N–H and O–H groups in total. The third kappa shape index (κ3) is 3.16. The molecule has 1 aromatic heterocycles. The molecule has 23 heavy (non-hydrogen) atoms. The van der Waals surface area contributed by atoms with Gasteiger partial charge >= 0.3 is 0 Å². The lowest BCUT2D eigenvalue weighted by Crippen LogP contribution is -2.02. The summed E-state index contributed by atoms with van der Waals surface area (Å²) in [5, 5.41) is 1.04.